The van der Waals surface area contributed by atoms with Crippen LogP contribution in [0.4, 0.5) is 11.4 Å². The summed E-state index contributed by atoms with van der Waals surface area (Å²) in [6.45, 7) is 0.283. The number of benzene rings is 3. The van der Waals surface area contributed by atoms with Gasteiger partial charge in [0.25, 0.3) is 11.8 Å². The number of nitrogens with zero attached hydrogens (tertiary/aromatic N) is 2. The van der Waals surface area contributed by atoms with Gasteiger partial charge >= 0.3 is 0 Å². The van der Waals surface area contributed by atoms with E-state index in [0.29, 0.717) is 27.3 Å². The molecule has 1 fully saturated rings. The van der Waals surface area contributed by atoms with Crippen LogP contribution in [0.25, 0.3) is 6.08 Å². The molecule has 4 rings (SSSR count). The van der Waals surface area contributed by atoms with E-state index in [1.54, 1.807) is 24.3 Å². The molecule has 1 aliphatic rings. The van der Waals surface area contributed by atoms with Crippen LogP contribution in [-0.4, -0.2) is 43.9 Å². The molecule has 7 nitrogen and oxygen atoms in total. The van der Waals surface area contributed by atoms with Crippen LogP contribution in [0, 0.1) is 0 Å². The molecule has 0 radical (unpaired) electrons. The Morgan fingerprint density at radius 2 is 1.78 bits per heavy atom. The van der Waals surface area contributed by atoms with Crippen molar-refractivity contribution in [2.45, 2.75) is 6.54 Å². The number of anilines is 2. The summed E-state index contributed by atoms with van der Waals surface area (Å²) in [7, 11) is 5.45. The fourth-order valence-electron chi connectivity index (χ4n) is 3.63. The first-order chi connectivity index (χ1) is 17.9. The fraction of sp³-hybridized carbons (Fsp3) is 0.179. The van der Waals surface area contributed by atoms with Crippen LogP contribution < -0.4 is 24.6 Å². The van der Waals surface area contributed by atoms with Gasteiger partial charge in [0.2, 0.25) is 0 Å². The van der Waals surface area contributed by atoms with Gasteiger partial charge in [-0.1, -0.05) is 60.4 Å². The first kappa shape index (κ1) is 26.2. The van der Waals surface area contributed by atoms with E-state index in [4.69, 9.17) is 21.7 Å². The van der Waals surface area contributed by atoms with Gasteiger partial charge in [-0.3, -0.25) is 14.5 Å². The predicted molar refractivity (Wildman–Crippen MR) is 153 cm³/mol. The first-order valence-electron chi connectivity index (χ1n) is 11.5. The van der Waals surface area contributed by atoms with Gasteiger partial charge in [0.15, 0.2) is 22.4 Å². The number of hydrogen-bond donors (Lipinski definition) is 1. The molecule has 0 spiro atoms. The first-order valence-corrected chi connectivity index (χ1v) is 12.7. The third-order valence-electron chi connectivity index (χ3n) is 5.59. The van der Waals surface area contributed by atoms with Crippen molar-refractivity contribution in [1.82, 2.24) is 5.32 Å². The number of carbonyl (C=O) groups excluding carboxylic acids is 2. The Morgan fingerprint density at radius 3 is 2.46 bits per heavy atom. The highest BCUT2D eigenvalue weighted by molar-refractivity contribution is 8.27. The summed E-state index contributed by atoms with van der Waals surface area (Å²) in [5.74, 6) is 0.474. The topological polar surface area (TPSA) is 71.1 Å². The Balaban J connectivity index is 1.41. The van der Waals surface area contributed by atoms with Crippen LogP contribution in [0.3, 0.4) is 0 Å². The highest BCUT2D eigenvalue weighted by Gasteiger charge is 2.33. The van der Waals surface area contributed by atoms with Crippen molar-refractivity contribution in [3.05, 3.63) is 88.8 Å². The second-order valence-electron chi connectivity index (χ2n) is 8.39. The minimum Gasteiger partial charge on any atom is -0.493 e. The van der Waals surface area contributed by atoms with E-state index in [-0.39, 0.29) is 18.4 Å². The zero-order valence-corrected chi connectivity index (χ0v) is 22.4. The second kappa shape index (κ2) is 11.9. The number of ether oxygens (including phenoxy) is 2. The number of amides is 2. The minimum absolute atomic E-state index is 0.145. The molecule has 1 saturated heterocycles. The minimum atomic E-state index is -0.239. The number of methoxy groups -OCH3 is 1. The fourth-order valence-corrected chi connectivity index (χ4v) is 4.92. The van der Waals surface area contributed by atoms with Crippen LogP contribution >= 0.6 is 24.0 Å². The van der Waals surface area contributed by atoms with Gasteiger partial charge in [-0.05, 0) is 53.6 Å². The van der Waals surface area contributed by atoms with Crippen molar-refractivity contribution in [1.29, 1.82) is 0 Å². The number of nitrogens with one attached hydrogen (secondary N) is 1. The van der Waals surface area contributed by atoms with E-state index in [9.17, 15) is 9.59 Å². The Labute approximate surface area is 226 Å². The van der Waals surface area contributed by atoms with Crippen molar-refractivity contribution in [2.75, 3.05) is 37.6 Å². The molecule has 1 N–H and O–H groups in total. The van der Waals surface area contributed by atoms with E-state index in [2.05, 4.69) is 5.32 Å². The molecular formula is C28H27N3O4S2. The van der Waals surface area contributed by atoms with E-state index >= 15 is 0 Å². The Kier molecular flexibility index (Phi) is 8.47. The summed E-state index contributed by atoms with van der Waals surface area (Å²) in [6.07, 6.45) is 1.77. The van der Waals surface area contributed by atoms with Crippen LogP contribution in [0.15, 0.2) is 77.7 Å². The Morgan fingerprint density at radius 1 is 1.05 bits per heavy atom. The van der Waals surface area contributed by atoms with Gasteiger partial charge in [-0.2, -0.15) is 0 Å². The lowest BCUT2D eigenvalue weighted by Gasteiger charge is -2.17. The van der Waals surface area contributed by atoms with Crippen LogP contribution in [0.1, 0.15) is 11.1 Å². The number of carbonyl (C=O) groups is 2. The smallest absolute Gasteiger partial charge is 0.270 e. The van der Waals surface area contributed by atoms with Gasteiger partial charge < -0.3 is 19.7 Å². The predicted octanol–water partition coefficient (Wildman–Crippen LogP) is 4.86. The molecule has 0 atom stereocenters. The normalized spacial score (nSPS) is 14.1. The summed E-state index contributed by atoms with van der Waals surface area (Å²) in [5.41, 5.74) is 3.52. The molecule has 2 amide bonds. The van der Waals surface area contributed by atoms with Gasteiger partial charge in [0.05, 0.1) is 17.7 Å². The summed E-state index contributed by atoms with van der Waals surface area (Å²) >= 11 is 6.74. The van der Waals surface area contributed by atoms with Gasteiger partial charge in [-0.15, -0.1) is 0 Å². The largest absolute Gasteiger partial charge is 0.493 e. The molecular weight excluding hydrogens is 506 g/mol. The lowest BCUT2D eigenvalue weighted by Crippen LogP contribution is -2.28. The zero-order chi connectivity index (χ0) is 26.4. The average molecular weight is 534 g/mol. The van der Waals surface area contributed by atoms with Gasteiger partial charge in [-0.25, -0.2) is 0 Å². The summed E-state index contributed by atoms with van der Waals surface area (Å²) in [4.78, 5) is 29.4. The molecule has 3 aromatic carbocycles. The molecule has 1 heterocycles. The van der Waals surface area contributed by atoms with E-state index < -0.39 is 0 Å². The van der Waals surface area contributed by atoms with E-state index in [0.717, 1.165) is 22.5 Å². The Hall–Kier alpha value is -3.82. The molecule has 0 saturated carbocycles. The standard InChI is InChI=1S/C28H27N3O4S2/c1-30(2)21-10-12-22(13-11-21)31-27(33)25(37-28(31)36)16-20-9-14-23(24(15-20)34-3)35-18-26(32)29-17-19-7-5-4-6-8-19/h4-16H,17-18H2,1-3H3,(H,29,32)/b25-16-. The van der Waals surface area contributed by atoms with Crippen molar-refractivity contribution in [3.8, 4) is 11.5 Å². The lowest BCUT2D eigenvalue weighted by molar-refractivity contribution is -0.123. The van der Waals surface area contributed by atoms with Crippen molar-refractivity contribution in [3.63, 3.8) is 0 Å². The van der Waals surface area contributed by atoms with Crippen LogP contribution in [0.2, 0.25) is 0 Å². The summed E-state index contributed by atoms with van der Waals surface area (Å²) in [5, 5.41) is 2.83. The molecule has 3 aromatic rings. The van der Waals surface area contributed by atoms with Crippen molar-refractivity contribution >= 4 is 57.6 Å². The lowest BCUT2D eigenvalue weighted by atomic mass is 10.1. The number of hydrogen-bond acceptors (Lipinski definition) is 7. The monoisotopic (exact) mass is 533 g/mol. The van der Waals surface area contributed by atoms with Gasteiger partial charge in [0.1, 0.15) is 0 Å². The van der Waals surface area contributed by atoms with E-state index in [1.807, 2.05) is 73.6 Å². The molecule has 190 valence electrons. The zero-order valence-electron chi connectivity index (χ0n) is 20.8. The number of thioether (sulfide) groups is 1. The Bertz CT molecular complexity index is 1330. The van der Waals surface area contributed by atoms with Crippen molar-refractivity contribution < 1.29 is 19.1 Å². The quantitative estimate of drug-likeness (QED) is 0.311. The van der Waals surface area contributed by atoms with Crippen LogP contribution in [-0.2, 0) is 16.1 Å². The highest BCUT2D eigenvalue weighted by Crippen LogP contribution is 2.37. The number of rotatable bonds is 9. The van der Waals surface area contributed by atoms with Crippen LogP contribution in [0.5, 0.6) is 11.5 Å². The molecule has 0 unspecified atom stereocenters. The molecule has 37 heavy (non-hydrogen) atoms. The third-order valence-corrected chi connectivity index (χ3v) is 6.90. The average Bonchev–Trinajstić information content (AvgIpc) is 3.19. The second-order valence-corrected chi connectivity index (χ2v) is 10.1. The molecule has 0 bridgehead atoms. The molecule has 0 aromatic heterocycles. The van der Waals surface area contributed by atoms with Crippen molar-refractivity contribution in [2.24, 2.45) is 0 Å². The maximum atomic E-state index is 13.1. The number of thiocarbonyl (C=S) groups is 1. The molecule has 9 heteroatoms. The highest BCUT2D eigenvalue weighted by atomic mass is 32.2. The third kappa shape index (κ3) is 6.49. The van der Waals surface area contributed by atoms with E-state index in [1.165, 1.54) is 23.8 Å². The summed E-state index contributed by atoms with van der Waals surface area (Å²) in [6, 6.07) is 22.6. The summed E-state index contributed by atoms with van der Waals surface area (Å²) < 4.78 is 11.6. The SMILES string of the molecule is COc1cc(/C=C2\SC(=S)N(c3ccc(N(C)C)cc3)C2=O)ccc1OCC(=O)NCc1ccccc1. The maximum Gasteiger partial charge on any atom is 0.270 e. The van der Waals surface area contributed by atoms with Gasteiger partial charge in [0, 0.05) is 26.3 Å². The molecule has 1 aliphatic heterocycles. The molecule has 0 aliphatic carbocycles. The maximum absolute atomic E-state index is 13.1.